The Kier molecular flexibility index (Phi) is 3.92. The number of rotatable bonds is 4. The molecule has 5 rings (SSSR count). The molecule has 0 saturated carbocycles. The number of pyridine rings is 1. The maximum absolute atomic E-state index is 4.64. The lowest BCUT2D eigenvalue weighted by Gasteiger charge is -2.44. The van der Waals surface area contributed by atoms with Crippen LogP contribution < -0.4 is 0 Å². The van der Waals surface area contributed by atoms with E-state index in [9.17, 15) is 0 Å². The lowest BCUT2D eigenvalue weighted by Crippen LogP contribution is -2.46. The van der Waals surface area contributed by atoms with Gasteiger partial charge in [0.2, 0.25) is 0 Å². The first-order chi connectivity index (χ1) is 10.4. The van der Waals surface area contributed by atoms with E-state index in [2.05, 4.69) is 30.8 Å². The van der Waals surface area contributed by atoms with E-state index >= 15 is 0 Å². The van der Waals surface area contributed by atoms with Crippen LogP contribution in [-0.4, -0.2) is 38.3 Å². The summed E-state index contributed by atoms with van der Waals surface area (Å²) in [4.78, 5) is 6.65. The fraction of sp³-hybridized carbons (Fsp3) is 0.533. The summed E-state index contributed by atoms with van der Waals surface area (Å²) in [6.45, 7) is 3.73. The van der Waals surface area contributed by atoms with Gasteiger partial charge in [0, 0.05) is 30.6 Å². The minimum Gasteiger partial charge on any atom is -0.303 e. The van der Waals surface area contributed by atoms with Gasteiger partial charge in [-0.3, -0.25) is 4.98 Å². The minimum atomic E-state index is 0.603. The summed E-state index contributed by atoms with van der Waals surface area (Å²) in [5.41, 5.74) is 2.55. The zero-order valence-electron chi connectivity index (χ0n) is 11.8. The van der Waals surface area contributed by atoms with E-state index in [1.54, 1.807) is 0 Å². The van der Waals surface area contributed by atoms with Crippen molar-refractivity contribution in [3.05, 3.63) is 35.8 Å². The molecule has 0 aliphatic carbocycles. The molecule has 0 N–H and O–H groups in total. The summed E-state index contributed by atoms with van der Waals surface area (Å²) in [5, 5.41) is 1.15. The molecule has 3 saturated heterocycles. The molecule has 21 heavy (non-hydrogen) atoms. The van der Waals surface area contributed by atoms with Crippen molar-refractivity contribution < 1.29 is 0 Å². The van der Waals surface area contributed by atoms with Crippen molar-refractivity contribution in [1.82, 2.24) is 18.6 Å². The summed E-state index contributed by atoms with van der Waals surface area (Å²) in [5.74, 6) is 2.37. The van der Waals surface area contributed by atoms with Gasteiger partial charge in [0.25, 0.3) is 0 Å². The van der Waals surface area contributed by atoms with Gasteiger partial charge in [0.1, 0.15) is 5.03 Å². The monoisotopic (exact) mass is 318 g/mol. The number of fused-ring (bicyclic) bond motifs is 3. The van der Waals surface area contributed by atoms with E-state index in [4.69, 9.17) is 0 Å². The highest BCUT2D eigenvalue weighted by Gasteiger charge is 2.37. The van der Waals surface area contributed by atoms with Gasteiger partial charge in [-0.05, 0) is 49.5 Å². The molecule has 1 unspecified atom stereocenters. The molecular weight excluding hydrogens is 300 g/mol. The summed E-state index contributed by atoms with van der Waals surface area (Å²) in [6.07, 6.45) is 6.36. The molecule has 0 aromatic carbocycles. The first kappa shape index (κ1) is 13.7. The second kappa shape index (κ2) is 6.02. The van der Waals surface area contributed by atoms with Gasteiger partial charge in [-0.15, -0.1) is 0 Å². The minimum absolute atomic E-state index is 0.603. The van der Waals surface area contributed by atoms with Gasteiger partial charge in [-0.25, -0.2) is 0 Å². The van der Waals surface area contributed by atoms with Crippen molar-refractivity contribution in [2.24, 2.45) is 5.92 Å². The molecule has 2 bridgehead atoms. The number of hydrogen-bond acceptors (Lipinski definition) is 6. The van der Waals surface area contributed by atoms with Crippen LogP contribution in [0.3, 0.4) is 0 Å². The van der Waals surface area contributed by atoms with Gasteiger partial charge >= 0.3 is 0 Å². The van der Waals surface area contributed by atoms with Gasteiger partial charge in [0.05, 0.1) is 17.4 Å². The molecular formula is C15H18N4S2. The SMILES string of the molecule is c1cc(CSc2nsnc2C2CN3CCC2CC3)ccn1. The Morgan fingerprint density at radius 2 is 2.00 bits per heavy atom. The molecule has 2 aromatic heterocycles. The van der Waals surface area contributed by atoms with Gasteiger partial charge in [-0.1, -0.05) is 11.8 Å². The maximum atomic E-state index is 4.64. The van der Waals surface area contributed by atoms with Crippen LogP contribution in [0, 0.1) is 5.92 Å². The van der Waals surface area contributed by atoms with Crippen LogP contribution in [0.15, 0.2) is 29.6 Å². The summed E-state index contributed by atoms with van der Waals surface area (Å²) in [6, 6.07) is 4.14. The van der Waals surface area contributed by atoms with Gasteiger partial charge in [-0.2, -0.15) is 8.75 Å². The van der Waals surface area contributed by atoms with E-state index in [1.807, 2.05) is 24.2 Å². The average molecular weight is 318 g/mol. The molecule has 3 aliphatic rings. The summed E-state index contributed by atoms with van der Waals surface area (Å²) < 4.78 is 9.19. The molecule has 4 nitrogen and oxygen atoms in total. The third-order valence-electron chi connectivity index (χ3n) is 4.61. The highest BCUT2D eigenvalue weighted by atomic mass is 32.2. The maximum Gasteiger partial charge on any atom is 0.134 e. The zero-order valence-corrected chi connectivity index (χ0v) is 13.4. The van der Waals surface area contributed by atoms with E-state index in [0.29, 0.717) is 5.92 Å². The zero-order chi connectivity index (χ0) is 14.1. The van der Waals surface area contributed by atoms with Crippen LogP contribution in [0.5, 0.6) is 0 Å². The second-order valence-corrected chi connectivity index (χ2v) is 7.34. The van der Waals surface area contributed by atoms with Crippen LogP contribution in [-0.2, 0) is 5.75 Å². The van der Waals surface area contributed by atoms with Crippen molar-refractivity contribution in [1.29, 1.82) is 0 Å². The third-order valence-corrected chi connectivity index (χ3v) is 6.32. The number of piperidine rings is 3. The molecule has 5 heterocycles. The standard InChI is InChI=1S/C15H18N4S2/c1-5-16-6-2-11(1)10-20-15-14(17-21-18-15)13-9-19-7-3-12(13)4-8-19/h1-2,5-6,12-13H,3-4,7-10H2. The van der Waals surface area contributed by atoms with Crippen molar-refractivity contribution in [2.45, 2.75) is 29.5 Å². The molecule has 0 amide bonds. The van der Waals surface area contributed by atoms with Crippen LogP contribution in [0.2, 0.25) is 0 Å². The highest BCUT2D eigenvalue weighted by molar-refractivity contribution is 7.98. The lowest BCUT2D eigenvalue weighted by molar-refractivity contribution is 0.0846. The average Bonchev–Trinajstić information content (AvgIpc) is 3.03. The van der Waals surface area contributed by atoms with E-state index in [-0.39, 0.29) is 0 Å². The molecule has 1 atom stereocenters. The van der Waals surface area contributed by atoms with Crippen LogP contribution in [0.4, 0.5) is 0 Å². The Balaban J connectivity index is 1.49. The molecule has 6 heteroatoms. The molecule has 3 fully saturated rings. The van der Waals surface area contributed by atoms with E-state index in [1.165, 1.54) is 55.5 Å². The quantitative estimate of drug-likeness (QED) is 0.811. The highest BCUT2D eigenvalue weighted by Crippen LogP contribution is 2.41. The normalized spacial score (nSPS) is 27.9. The van der Waals surface area contributed by atoms with Crippen molar-refractivity contribution >= 4 is 23.5 Å². The number of thioether (sulfide) groups is 1. The molecule has 3 aliphatic heterocycles. The van der Waals surface area contributed by atoms with Crippen molar-refractivity contribution in [3.8, 4) is 0 Å². The van der Waals surface area contributed by atoms with Crippen LogP contribution in [0.25, 0.3) is 0 Å². The Labute approximate surface area is 133 Å². The first-order valence-corrected chi connectivity index (χ1v) is 9.18. The number of nitrogens with zero attached hydrogens (tertiary/aromatic N) is 4. The van der Waals surface area contributed by atoms with Gasteiger partial charge in [0.15, 0.2) is 0 Å². The molecule has 110 valence electrons. The Hall–Kier alpha value is -0.980. The first-order valence-electron chi connectivity index (χ1n) is 7.46. The Morgan fingerprint density at radius 1 is 1.19 bits per heavy atom. The fourth-order valence-electron chi connectivity index (χ4n) is 3.42. The Bertz CT molecular complexity index is 593. The lowest BCUT2D eigenvalue weighted by atomic mass is 9.78. The molecule has 0 radical (unpaired) electrons. The summed E-state index contributed by atoms with van der Waals surface area (Å²) >= 11 is 3.19. The van der Waals surface area contributed by atoms with E-state index < -0.39 is 0 Å². The Morgan fingerprint density at radius 3 is 2.71 bits per heavy atom. The fourth-order valence-corrected chi connectivity index (χ4v) is 5.15. The number of aromatic nitrogens is 3. The smallest absolute Gasteiger partial charge is 0.134 e. The summed E-state index contributed by atoms with van der Waals surface area (Å²) in [7, 11) is 0. The third kappa shape index (κ3) is 2.84. The molecule has 0 spiro atoms. The molecule has 2 aromatic rings. The predicted octanol–water partition coefficient (Wildman–Crippen LogP) is 3.03. The van der Waals surface area contributed by atoms with Crippen molar-refractivity contribution in [3.63, 3.8) is 0 Å². The topological polar surface area (TPSA) is 41.9 Å². The predicted molar refractivity (Wildman–Crippen MR) is 85.6 cm³/mol. The largest absolute Gasteiger partial charge is 0.303 e. The van der Waals surface area contributed by atoms with Crippen LogP contribution in [0.1, 0.15) is 30.0 Å². The van der Waals surface area contributed by atoms with E-state index in [0.717, 1.165) is 16.7 Å². The van der Waals surface area contributed by atoms with Gasteiger partial charge < -0.3 is 4.90 Å². The second-order valence-electron chi connectivity index (χ2n) is 5.84. The van der Waals surface area contributed by atoms with Crippen molar-refractivity contribution in [2.75, 3.05) is 19.6 Å². The van der Waals surface area contributed by atoms with Crippen LogP contribution >= 0.6 is 23.5 Å². The number of hydrogen-bond donors (Lipinski definition) is 0.